The number of hydrogen-bond acceptors (Lipinski definition) is 4. The summed E-state index contributed by atoms with van der Waals surface area (Å²) in [5.74, 6) is -2.29. The van der Waals surface area contributed by atoms with Gasteiger partial charge in [0.25, 0.3) is 11.8 Å². The van der Waals surface area contributed by atoms with Crippen molar-refractivity contribution >= 4 is 23.5 Å². The minimum absolute atomic E-state index is 0.106. The van der Waals surface area contributed by atoms with Gasteiger partial charge < -0.3 is 9.90 Å². The number of rotatable bonds is 4. The van der Waals surface area contributed by atoms with E-state index in [0.29, 0.717) is 18.5 Å². The van der Waals surface area contributed by atoms with E-state index in [0.717, 1.165) is 11.1 Å². The zero-order valence-corrected chi connectivity index (χ0v) is 13.5. The summed E-state index contributed by atoms with van der Waals surface area (Å²) in [6, 6.07) is 9.57. The van der Waals surface area contributed by atoms with Gasteiger partial charge in [-0.05, 0) is 41.7 Å². The van der Waals surface area contributed by atoms with Gasteiger partial charge in [-0.2, -0.15) is 0 Å². The van der Waals surface area contributed by atoms with Gasteiger partial charge in [0.05, 0.1) is 22.8 Å². The van der Waals surface area contributed by atoms with E-state index < -0.39 is 17.8 Å². The lowest BCUT2D eigenvalue weighted by molar-refractivity contribution is -0.255. The highest BCUT2D eigenvalue weighted by atomic mass is 16.4. The van der Waals surface area contributed by atoms with Crippen molar-refractivity contribution in [2.75, 3.05) is 4.90 Å². The van der Waals surface area contributed by atoms with Gasteiger partial charge >= 0.3 is 0 Å². The average molecular weight is 322 g/mol. The van der Waals surface area contributed by atoms with E-state index in [1.807, 2.05) is 32.0 Å². The molecule has 0 spiro atoms. The van der Waals surface area contributed by atoms with Gasteiger partial charge in [-0.25, -0.2) is 4.90 Å². The quantitative estimate of drug-likeness (QED) is 0.806. The molecular weight excluding hydrogens is 306 g/mol. The van der Waals surface area contributed by atoms with Crippen LogP contribution in [0.3, 0.4) is 0 Å². The SMILES string of the molecule is CCc1cccc(CC)c1N1C(=O)c2ccc(C(=O)[O-])cc2C1=O. The van der Waals surface area contributed by atoms with Crippen LogP contribution in [0.1, 0.15) is 56.0 Å². The van der Waals surface area contributed by atoms with E-state index in [2.05, 4.69) is 0 Å². The number of para-hydroxylation sites is 1. The highest BCUT2D eigenvalue weighted by Gasteiger charge is 2.38. The van der Waals surface area contributed by atoms with Crippen molar-refractivity contribution in [2.24, 2.45) is 0 Å². The predicted octanol–water partition coefficient (Wildman–Crippen LogP) is 1.98. The lowest BCUT2D eigenvalue weighted by Gasteiger charge is -2.21. The number of carboxylic acid groups (broad SMARTS) is 1. The fourth-order valence-corrected chi connectivity index (χ4v) is 3.07. The lowest BCUT2D eigenvalue weighted by atomic mass is 10.0. The molecule has 0 radical (unpaired) electrons. The number of nitrogens with zero attached hydrogens (tertiary/aromatic N) is 1. The molecule has 1 aliphatic rings. The molecule has 0 N–H and O–H groups in total. The van der Waals surface area contributed by atoms with Gasteiger partial charge in [0.1, 0.15) is 0 Å². The second-order valence-corrected chi connectivity index (χ2v) is 5.63. The topological polar surface area (TPSA) is 77.5 Å². The molecular formula is C19H16NO4-. The van der Waals surface area contributed by atoms with E-state index in [4.69, 9.17) is 0 Å². The van der Waals surface area contributed by atoms with Crippen LogP contribution < -0.4 is 10.0 Å². The minimum atomic E-state index is -1.38. The molecule has 2 aromatic rings. The number of amides is 2. The molecule has 2 aromatic carbocycles. The Morgan fingerprint density at radius 1 is 0.958 bits per heavy atom. The Labute approximate surface area is 139 Å². The van der Waals surface area contributed by atoms with Crippen LogP contribution in [0.25, 0.3) is 0 Å². The lowest BCUT2D eigenvalue weighted by Crippen LogP contribution is -2.31. The van der Waals surface area contributed by atoms with Crippen LogP contribution in [0.2, 0.25) is 0 Å². The number of imide groups is 1. The Morgan fingerprint density at radius 3 is 2.08 bits per heavy atom. The van der Waals surface area contributed by atoms with Crippen LogP contribution >= 0.6 is 0 Å². The Bertz CT molecular complexity index is 847. The summed E-state index contributed by atoms with van der Waals surface area (Å²) < 4.78 is 0. The number of carbonyl (C=O) groups is 3. The second kappa shape index (κ2) is 5.92. The molecule has 122 valence electrons. The first-order valence-electron chi connectivity index (χ1n) is 7.84. The fraction of sp³-hybridized carbons (Fsp3) is 0.211. The molecule has 5 nitrogen and oxygen atoms in total. The summed E-state index contributed by atoms with van der Waals surface area (Å²) >= 11 is 0. The first kappa shape index (κ1) is 15.9. The minimum Gasteiger partial charge on any atom is -0.545 e. The number of fused-ring (bicyclic) bond motifs is 1. The van der Waals surface area contributed by atoms with Gasteiger partial charge in [0.2, 0.25) is 0 Å². The van der Waals surface area contributed by atoms with Crippen LogP contribution in [0, 0.1) is 0 Å². The van der Waals surface area contributed by atoms with E-state index in [1.165, 1.54) is 23.1 Å². The molecule has 24 heavy (non-hydrogen) atoms. The number of benzene rings is 2. The van der Waals surface area contributed by atoms with Crippen molar-refractivity contribution in [1.82, 2.24) is 0 Å². The molecule has 1 heterocycles. The van der Waals surface area contributed by atoms with Crippen molar-refractivity contribution < 1.29 is 19.5 Å². The van der Waals surface area contributed by atoms with E-state index >= 15 is 0 Å². The number of carboxylic acids is 1. The molecule has 0 aliphatic carbocycles. The van der Waals surface area contributed by atoms with Crippen molar-refractivity contribution in [2.45, 2.75) is 26.7 Å². The van der Waals surface area contributed by atoms with Gasteiger partial charge in [-0.1, -0.05) is 38.1 Å². The monoisotopic (exact) mass is 322 g/mol. The highest BCUT2D eigenvalue weighted by Crippen LogP contribution is 2.34. The third kappa shape index (κ3) is 2.29. The third-order valence-corrected chi connectivity index (χ3v) is 4.31. The van der Waals surface area contributed by atoms with Crippen LogP contribution in [0.15, 0.2) is 36.4 Å². The van der Waals surface area contributed by atoms with Crippen molar-refractivity contribution in [1.29, 1.82) is 0 Å². The predicted molar refractivity (Wildman–Crippen MR) is 87.1 cm³/mol. The normalized spacial score (nSPS) is 13.3. The summed E-state index contributed by atoms with van der Waals surface area (Å²) in [7, 11) is 0. The highest BCUT2D eigenvalue weighted by molar-refractivity contribution is 6.35. The maximum atomic E-state index is 12.8. The number of anilines is 1. The summed E-state index contributed by atoms with van der Waals surface area (Å²) in [4.78, 5) is 37.8. The maximum absolute atomic E-state index is 12.8. The molecule has 0 fully saturated rings. The van der Waals surface area contributed by atoms with Crippen LogP contribution in [0.4, 0.5) is 5.69 Å². The van der Waals surface area contributed by atoms with Crippen LogP contribution in [-0.4, -0.2) is 17.8 Å². The third-order valence-electron chi connectivity index (χ3n) is 4.31. The Balaban J connectivity index is 2.17. The molecule has 1 aliphatic heterocycles. The number of aromatic carboxylic acids is 1. The Hall–Kier alpha value is -2.95. The van der Waals surface area contributed by atoms with Crippen molar-refractivity contribution in [3.8, 4) is 0 Å². The molecule has 0 unspecified atom stereocenters. The van der Waals surface area contributed by atoms with Crippen molar-refractivity contribution in [3.05, 3.63) is 64.2 Å². The summed E-state index contributed by atoms with van der Waals surface area (Å²) in [6.07, 6.45) is 1.36. The van der Waals surface area contributed by atoms with Gasteiger partial charge in [0.15, 0.2) is 0 Å². The number of hydrogen-bond donors (Lipinski definition) is 0. The summed E-state index contributed by atoms with van der Waals surface area (Å²) in [6.45, 7) is 3.93. The van der Waals surface area contributed by atoms with E-state index in [9.17, 15) is 19.5 Å². The zero-order chi connectivity index (χ0) is 17.4. The summed E-state index contributed by atoms with van der Waals surface area (Å²) in [5.41, 5.74) is 2.64. The standard InChI is InChI=1S/C19H17NO4/c1-3-11-6-5-7-12(4-2)16(11)20-17(21)14-9-8-13(19(23)24)10-15(14)18(20)22/h5-10H,3-4H2,1-2H3,(H,23,24)/p-1. The Morgan fingerprint density at radius 2 is 1.54 bits per heavy atom. The van der Waals surface area contributed by atoms with E-state index in [1.54, 1.807) is 0 Å². The smallest absolute Gasteiger partial charge is 0.266 e. The fourth-order valence-electron chi connectivity index (χ4n) is 3.07. The molecule has 0 bridgehead atoms. The first-order valence-corrected chi connectivity index (χ1v) is 7.84. The van der Waals surface area contributed by atoms with Gasteiger partial charge in [-0.15, -0.1) is 0 Å². The largest absolute Gasteiger partial charge is 0.545 e. The molecule has 0 atom stereocenters. The average Bonchev–Trinajstić information content (AvgIpc) is 2.84. The molecule has 5 heteroatoms. The Kier molecular flexibility index (Phi) is 3.93. The zero-order valence-electron chi connectivity index (χ0n) is 13.5. The molecule has 0 aromatic heterocycles. The van der Waals surface area contributed by atoms with Crippen molar-refractivity contribution in [3.63, 3.8) is 0 Å². The van der Waals surface area contributed by atoms with Crippen LogP contribution in [0.5, 0.6) is 0 Å². The number of aryl methyl sites for hydroxylation is 2. The van der Waals surface area contributed by atoms with Gasteiger partial charge in [0, 0.05) is 0 Å². The molecule has 2 amide bonds. The van der Waals surface area contributed by atoms with E-state index in [-0.39, 0.29) is 16.7 Å². The maximum Gasteiger partial charge on any atom is 0.266 e. The summed E-state index contributed by atoms with van der Waals surface area (Å²) in [5, 5.41) is 11.0. The van der Waals surface area contributed by atoms with Crippen LogP contribution in [-0.2, 0) is 12.8 Å². The van der Waals surface area contributed by atoms with Gasteiger partial charge in [-0.3, -0.25) is 9.59 Å². The number of carbonyl (C=O) groups excluding carboxylic acids is 3. The molecule has 0 saturated carbocycles. The second-order valence-electron chi connectivity index (χ2n) is 5.63. The first-order chi connectivity index (χ1) is 11.5. The molecule has 0 saturated heterocycles. The molecule has 3 rings (SSSR count).